The Hall–Kier alpha value is -1.06. The van der Waals surface area contributed by atoms with Gasteiger partial charge in [0.2, 0.25) is 0 Å². The van der Waals surface area contributed by atoms with E-state index in [9.17, 15) is 0 Å². The van der Waals surface area contributed by atoms with Crippen LogP contribution in [0.1, 0.15) is 25.7 Å². The molecule has 0 aromatic heterocycles. The summed E-state index contributed by atoms with van der Waals surface area (Å²) in [4.78, 5) is 0. The number of nitrogens with one attached hydrogen (secondary N) is 2. The second-order valence-electron chi connectivity index (χ2n) is 4.17. The van der Waals surface area contributed by atoms with Gasteiger partial charge in [0.15, 0.2) is 0 Å². The summed E-state index contributed by atoms with van der Waals surface area (Å²) < 4.78 is 0. The highest BCUT2D eigenvalue weighted by Crippen LogP contribution is 2.21. The van der Waals surface area contributed by atoms with E-state index in [2.05, 4.69) is 35.0 Å². The van der Waals surface area contributed by atoms with Crippen LogP contribution >= 0.6 is 0 Å². The molecule has 0 radical (unpaired) electrons. The Labute approximate surface area is 91.0 Å². The average molecular weight is 205 g/mol. The van der Waals surface area contributed by atoms with E-state index in [4.69, 9.17) is 5.84 Å². The summed E-state index contributed by atoms with van der Waals surface area (Å²) in [6.07, 6.45) is 4.94. The molecule has 0 spiro atoms. The van der Waals surface area contributed by atoms with Gasteiger partial charge in [0, 0.05) is 17.8 Å². The van der Waals surface area contributed by atoms with Gasteiger partial charge in [-0.05, 0) is 25.0 Å². The van der Waals surface area contributed by atoms with Crippen LogP contribution in [0.2, 0.25) is 0 Å². The monoisotopic (exact) mass is 205 g/mol. The van der Waals surface area contributed by atoms with E-state index in [1.54, 1.807) is 0 Å². The molecule has 0 unspecified atom stereocenters. The summed E-state index contributed by atoms with van der Waals surface area (Å²) in [5.41, 5.74) is 4.10. The lowest BCUT2D eigenvalue weighted by molar-refractivity contribution is 0.348. The topological polar surface area (TPSA) is 50.1 Å². The normalized spacial score (nSPS) is 26.2. The number of hydrogen-bond acceptors (Lipinski definition) is 3. The molecule has 0 saturated heterocycles. The number of anilines is 1. The van der Waals surface area contributed by atoms with Crippen LogP contribution in [-0.4, -0.2) is 12.1 Å². The lowest BCUT2D eigenvalue weighted by atomic mass is 9.90. The number of hydrogen-bond donors (Lipinski definition) is 3. The minimum atomic E-state index is 0.402. The molecule has 0 amide bonds. The fourth-order valence-corrected chi connectivity index (χ4v) is 2.25. The van der Waals surface area contributed by atoms with Crippen molar-refractivity contribution in [2.45, 2.75) is 37.8 Å². The van der Waals surface area contributed by atoms with Crippen LogP contribution in [0.3, 0.4) is 0 Å². The molecule has 1 aliphatic rings. The van der Waals surface area contributed by atoms with Crippen LogP contribution in [-0.2, 0) is 0 Å². The number of rotatable bonds is 3. The van der Waals surface area contributed by atoms with Crippen molar-refractivity contribution in [2.24, 2.45) is 5.84 Å². The first-order chi connectivity index (χ1) is 7.40. The van der Waals surface area contributed by atoms with E-state index in [1.165, 1.54) is 31.4 Å². The summed E-state index contributed by atoms with van der Waals surface area (Å²) in [5, 5.41) is 3.54. The van der Waals surface area contributed by atoms with Crippen LogP contribution in [0.4, 0.5) is 5.69 Å². The average Bonchev–Trinajstić information content (AvgIpc) is 2.31. The fourth-order valence-electron chi connectivity index (χ4n) is 2.25. The van der Waals surface area contributed by atoms with Gasteiger partial charge in [0.05, 0.1) is 0 Å². The van der Waals surface area contributed by atoms with E-state index >= 15 is 0 Å². The Kier molecular flexibility index (Phi) is 3.59. The molecule has 4 N–H and O–H groups in total. The van der Waals surface area contributed by atoms with Crippen LogP contribution in [0.25, 0.3) is 0 Å². The predicted molar refractivity (Wildman–Crippen MR) is 63.4 cm³/mol. The van der Waals surface area contributed by atoms with Crippen molar-refractivity contribution < 1.29 is 0 Å². The van der Waals surface area contributed by atoms with Gasteiger partial charge in [0.1, 0.15) is 0 Å². The van der Waals surface area contributed by atoms with Crippen LogP contribution in [0, 0.1) is 0 Å². The van der Waals surface area contributed by atoms with Crippen molar-refractivity contribution in [2.75, 3.05) is 5.32 Å². The molecule has 1 aromatic carbocycles. The third kappa shape index (κ3) is 2.70. The summed E-state index contributed by atoms with van der Waals surface area (Å²) in [6.45, 7) is 0. The van der Waals surface area contributed by atoms with Gasteiger partial charge >= 0.3 is 0 Å². The zero-order valence-corrected chi connectivity index (χ0v) is 8.95. The molecule has 2 atom stereocenters. The number of hydrazine groups is 1. The van der Waals surface area contributed by atoms with Crippen molar-refractivity contribution in [3.05, 3.63) is 30.3 Å². The second-order valence-corrected chi connectivity index (χ2v) is 4.17. The molecule has 1 aliphatic carbocycles. The van der Waals surface area contributed by atoms with Gasteiger partial charge < -0.3 is 5.32 Å². The van der Waals surface area contributed by atoms with Crippen molar-refractivity contribution in [3.63, 3.8) is 0 Å². The molecule has 0 aliphatic heterocycles. The van der Waals surface area contributed by atoms with Crippen molar-refractivity contribution in [1.82, 2.24) is 5.43 Å². The highest BCUT2D eigenvalue weighted by atomic mass is 15.2. The SMILES string of the molecule is NN[C@H]1CCCC[C@H]1Nc1ccccc1. The van der Waals surface area contributed by atoms with Crippen LogP contribution < -0.4 is 16.6 Å². The summed E-state index contributed by atoms with van der Waals surface area (Å²) in [5.74, 6) is 5.56. The summed E-state index contributed by atoms with van der Waals surface area (Å²) >= 11 is 0. The first-order valence-corrected chi connectivity index (χ1v) is 5.68. The van der Waals surface area contributed by atoms with Crippen LogP contribution in [0.5, 0.6) is 0 Å². The first kappa shape index (κ1) is 10.5. The summed E-state index contributed by atoms with van der Waals surface area (Å²) in [7, 11) is 0. The molecule has 1 fully saturated rings. The molecule has 0 bridgehead atoms. The first-order valence-electron chi connectivity index (χ1n) is 5.68. The second kappa shape index (κ2) is 5.14. The Morgan fingerprint density at radius 3 is 2.33 bits per heavy atom. The Balaban J connectivity index is 1.97. The molecule has 1 aromatic rings. The lowest BCUT2D eigenvalue weighted by Crippen LogP contribution is -2.49. The lowest BCUT2D eigenvalue weighted by Gasteiger charge is -2.32. The maximum Gasteiger partial charge on any atom is 0.0428 e. The molecule has 82 valence electrons. The molecule has 3 heteroatoms. The molecule has 15 heavy (non-hydrogen) atoms. The van der Waals surface area contributed by atoms with Gasteiger partial charge in [-0.3, -0.25) is 11.3 Å². The quantitative estimate of drug-likeness (QED) is 0.521. The Bertz CT molecular complexity index is 286. The van der Waals surface area contributed by atoms with Gasteiger partial charge in [-0.2, -0.15) is 0 Å². The number of benzene rings is 1. The van der Waals surface area contributed by atoms with Gasteiger partial charge in [-0.15, -0.1) is 0 Å². The molecule has 1 saturated carbocycles. The Morgan fingerprint density at radius 2 is 1.67 bits per heavy atom. The largest absolute Gasteiger partial charge is 0.381 e. The van der Waals surface area contributed by atoms with Crippen molar-refractivity contribution >= 4 is 5.69 Å². The van der Waals surface area contributed by atoms with Gasteiger partial charge in [-0.25, -0.2) is 0 Å². The number of nitrogens with two attached hydrogens (primary N) is 1. The van der Waals surface area contributed by atoms with Crippen molar-refractivity contribution in [3.8, 4) is 0 Å². The van der Waals surface area contributed by atoms with E-state index in [1.807, 2.05) is 6.07 Å². The fraction of sp³-hybridized carbons (Fsp3) is 0.500. The van der Waals surface area contributed by atoms with Gasteiger partial charge in [-0.1, -0.05) is 31.0 Å². The maximum absolute atomic E-state index is 5.56. The minimum Gasteiger partial charge on any atom is -0.381 e. The van der Waals surface area contributed by atoms with Crippen molar-refractivity contribution in [1.29, 1.82) is 0 Å². The van der Waals surface area contributed by atoms with Crippen LogP contribution in [0.15, 0.2) is 30.3 Å². The summed E-state index contributed by atoms with van der Waals surface area (Å²) in [6, 6.07) is 11.2. The number of para-hydroxylation sites is 1. The standard InChI is InChI=1S/C12H19N3/c13-15-12-9-5-4-8-11(12)14-10-6-2-1-3-7-10/h1-3,6-7,11-12,14-15H,4-5,8-9,13H2/t11-,12+/m1/s1. The Morgan fingerprint density at radius 1 is 1.00 bits per heavy atom. The molecular weight excluding hydrogens is 186 g/mol. The van der Waals surface area contributed by atoms with E-state index in [0.717, 1.165) is 0 Å². The zero-order valence-electron chi connectivity index (χ0n) is 8.95. The third-order valence-corrected chi connectivity index (χ3v) is 3.11. The molecule has 0 heterocycles. The molecular formula is C12H19N3. The maximum atomic E-state index is 5.56. The smallest absolute Gasteiger partial charge is 0.0428 e. The molecule has 3 nitrogen and oxygen atoms in total. The highest BCUT2D eigenvalue weighted by molar-refractivity contribution is 5.43. The zero-order chi connectivity index (χ0) is 10.5. The van der Waals surface area contributed by atoms with E-state index in [-0.39, 0.29) is 0 Å². The van der Waals surface area contributed by atoms with E-state index in [0.29, 0.717) is 12.1 Å². The minimum absolute atomic E-state index is 0.402. The van der Waals surface area contributed by atoms with Gasteiger partial charge in [0.25, 0.3) is 0 Å². The third-order valence-electron chi connectivity index (χ3n) is 3.11. The molecule has 2 rings (SSSR count). The highest BCUT2D eigenvalue weighted by Gasteiger charge is 2.23. The van der Waals surface area contributed by atoms with E-state index < -0.39 is 0 Å². The predicted octanol–water partition coefficient (Wildman–Crippen LogP) is 1.87.